The summed E-state index contributed by atoms with van der Waals surface area (Å²) in [6.07, 6.45) is 2.43. The van der Waals surface area contributed by atoms with Crippen LogP contribution in [0, 0.1) is 5.92 Å². The van der Waals surface area contributed by atoms with E-state index >= 15 is 0 Å². The Morgan fingerprint density at radius 2 is 2.13 bits per heavy atom. The molecule has 1 N–H and O–H groups in total. The minimum atomic E-state index is -1.06. The minimum absolute atomic E-state index is 0.00225. The summed E-state index contributed by atoms with van der Waals surface area (Å²) in [7, 11) is 3.29. The van der Waals surface area contributed by atoms with Gasteiger partial charge in [-0.15, -0.1) is 0 Å². The summed E-state index contributed by atoms with van der Waals surface area (Å²) < 4.78 is 13.6. The lowest BCUT2D eigenvalue weighted by Gasteiger charge is -2.14. The number of aromatic nitrogens is 2. The maximum Gasteiger partial charge on any atom is 0.356 e. The van der Waals surface area contributed by atoms with Crippen molar-refractivity contribution in [3.63, 3.8) is 0 Å². The molecule has 0 amide bonds. The number of halogens is 1. The third-order valence-electron chi connectivity index (χ3n) is 3.80. The van der Waals surface area contributed by atoms with Crippen LogP contribution in [0.1, 0.15) is 23.3 Å². The minimum Gasteiger partial charge on any atom is -0.493 e. The Kier molecular flexibility index (Phi) is 4.30. The Bertz CT molecular complexity index is 753. The average molecular weight is 381 g/mol. The molecule has 1 heterocycles. The molecule has 1 aliphatic carbocycles. The summed E-state index contributed by atoms with van der Waals surface area (Å²) in [4.78, 5) is 11.1. The fourth-order valence-electron chi connectivity index (χ4n) is 2.32. The van der Waals surface area contributed by atoms with Crippen molar-refractivity contribution >= 4 is 21.9 Å². The van der Waals surface area contributed by atoms with Crippen molar-refractivity contribution < 1.29 is 19.4 Å². The second kappa shape index (κ2) is 6.23. The number of rotatable bonds is 6. The Hall–Kier alpha value is -2.02. The van der Waals surface area contributed by atoms with Crippen LogP contribution in [0.4, 0.5) is 0 Å². The van der Waals surface area contributed by atoms with Gasteiger partial charge in [0.05, 0.1) is 19.4 Å². The summed E-state index contributed by atoms with van der Waals surface area (Å²) in [5.41, 5.74) is 1.48. The van der Waals surface area contributed by atoms with E-state index in [1.807, 2.05) is 12.1 Å². The van der Waals surface area contributed by atoms with Crippen LogP contribution >= 0.6 is 15.9 Å². The number of aryl methyl sites for hydroxylation is 1. The lowest BCUT2D eigenvalue weighted by molar-refractivity contribution is 0.0689. The molecule has 2 aromatic rings. The van der Waals surface area contributed by atoms with Crippen LogP contribution in [0.3, 0.4) is 0 Å². The van der Waals surface area contributed by atoms with Crippen molar-refractivity contribution in [2.75, 3.05) is 13.7 Å². The monoisotopic (exact) mass is 380 g/mol. The maximum absolute atomic E-state index is 11.1. The van der Waals surface area contributed by atoms with Crippen LogP contribution in [-0.4, -0.2) is 34.6 Å². The highest BCUT2D eigenvalue weighted by Crippen LogP contribution is 2.40. The topological polar surface area (TPSA) is 73.6 Å². The van der Waals surface area contributed by atoms with Crippen LogP contribution in [0.25, 0.3) is 11.3 Å². The van der Waals surface area contributed by atoms with Crippen LogP contribution in [-0.2, 0) is 7.05 Å². The Labute approximate surface area is 142 Å². The van der Waals surface area contributed by atoms with Crippen LogP contribution < -0.4 is 9.47 Å². The SMILES string of the molecule is COc1cc(-c2cc(C(=O)O)nn2C)c(Br)cc1OCC1CC1. The number of aromatic carboxylic acids is 1. The first-order valence-electron chi connectivity index (χ1n) is 7.27. The number of hydrogen-bond donors (Lipinski definition) is 1. The Balaban J connectivity index is 1.97. The lowest BCUT2D eigenvalue weighted by atomic mass is 10.1. The van der Waals surface area contributed by atoms with Gasteiger partial charge in [-0.25, -0.2) is 4.79 Å². The molecule has 1 fully saturated rings. The zero-order valence-corrected chi connectivity index (χ0v) is 14.5. The summed E-state index contributed by atoms with van der Waals surface area (Å²) in [5.74, 6) is 0.880. The van der Waals surface area contributed by atoms with E-state index in [9.17, 15) is 4.79 Å². The molecular weight excluding hydrogens is 364 g/mol. The Morgan fingerprint density at radius 1 is 1.39 bits per heavy atom. The quantitative estimate of drug-likeness (QED) is 0.831. The average Bonchev–Trinajstić information content (AvgIpc) is 3.26. The highest BCUT2D eigenvalue weighted by Gasteiger charge is 2.23. The molecule has 1 aromatic carbocycles. The van der Waals surface area contributed by atoms with Gasteiger partial charge in [-0.2, -0.15) is 5.10 Å². The van der Waals surface area contributed by atoms with E-state index < -0.39 is 5.97 Å². The van der Waals surface area contributed by atoms with Crippen molar-refractivity contribution in [3.05, 3.63) is 28.4 Å². The number of ether oxygens (including phenoxy) is 2. The first-order chi connectivity index (χ1) is 11.0. The van der Waals surface area contributed by atoms with Crippen LogP contribution in [0.2, 0.25) is 0 Å². The zero-order valence-electron chi connectivity index (χ0n) is 12.9. The molecule has 122 valence electrons. The highest BCUT2D eigenvalue weighted by molar-refractivity contribution is 9.10. The number of hydrogen-bond acceptors (Lipinski definition) is 4. The van der Waals surface area contributed by atoms with Gasteiger partial charge in [-0.3, -0.25) is 4.68 Å². The van der Waals surface area contributed by atoms with E-state index in [-0.39, 0.29) is 5.69 Å². The molecule has 0 bridgehead atoms. The van der Waals surface area contributed by atoms with E-state index in [1.54, 1.807) is 14.2 Å². The van der Waals surface area contributed by atoms with Crippen molar-refractivity contribution in [3.8, 4) is 22.8 Å². The molecule has 0 spiro atoms. The summed E-state index contributed by atoms with van der Waals surface area (Å²) in [6.45, 7) is 0.691. The van der Waals surface area contributed by atoms with Gasteiger partial charge < -0.3 is 14.6 Å². The van der Waals surface area contributed by atoms with Crippen LogP contribution in [0.5, 0.6) is 11.5 Å². The van der Waals surface area contributed by atoms with Crippen molar-refractivity contribution in [2.24, 2.45) is 13.0 Å². The van der Waals surface area contributed by atoms with Gasteiger partial charge in [0.1, 0.15) is 0 Å². The van der Waals surface area contributed by atoms with E-state index in [0.29, 0.717) is 29.7 Å². The molecule has 1 aliphatic rings. The molecule has 1 aromatic heterocycles. The molecule has 0 atom stereocenters. The van der Waals surface area contributed by atoms with Gasteiger partial charge >= 0.3 is 5.97 Å². The van der Waals surface area contributed by atoms with E-state index in [0.717, 1.165) is 10.0 Å². The molecular formula is C16H17BrN2O4. The first-order valence-corrected chi connectivity index (χ1v) is 8.07. The van der Waals surface area contributed by atoms with Crippen molar-refractivity contribution in [1.82, 2.24) is 9.78 Å². The van der Waals surface area contributed by atoms with Gasteiger partial charge in [0.25, 0.3) is 0 Å². The highest BCUT2D eigenvalue weighted by atomic mass is 79.9. The van der Waals surface area contributed by atoms with Crippen molar-refractivity contribution in [2.45, 2.75) is 12.8 Å². The standard InChI is InChI=1S/C16H17BrN2O4/c1-19-13(7-12(18-19)16(20)21)10-5-14(22-2)15(6-11(10)17)23-8-9-3-4-9/h5-7,9H,3-4,8H2,1-2H3,(H,20,21). The fourth-order valence-corrected chi connectivity index (χ4v) is 2.85. The third-order valence-corrected chi connectivity index (χ3v) is 4.46. The van der Waals surface area contributed by atoms with Gasteiger partial charge in [-0.05, 0) is 52.9 Å². The van der Waals surface area contributed by atoms with E-state index in [4.69, 9.17) is 14.6 Å². The number of methoxy groups -OCH3 is 1. The predicted octanol–water partition coefficient (Wildman–Crippen LogP) is 3.35. The molecule has 6 nitrogen and oxygen atoms in total. The molecule has 0 radical (unpaired) electrons. The second-order valence-electron chi connectivity index (χ2n) is 5.58. The van der Waals surface area contributed by atoms with Gasteiger partial charge in [0.15, 0.2) is 17.2 Å². The number of carboxylic acid groups (broad SMARTS) is 1. The number of carboxylic acids is 1. The molecule has 23 heavy (non-hydrogen) atoms. The smallest absolute Gasteiger partial charge is 0.356 e. The predicted molar refractivity (Wildman–Crippen MR) is 88.1 cm³/mol. The first kappa shape index (κ1) is 15.9. The second-order valence-corrected chi connectivity index (χ2v) is 6.44. The van der Waals surface area contributed by atoms with E-state index in [1.165, 1.54) is 23.6 Å². The third kappa shape index (κ3) is 3.34. The zero-order chi connectivity index (χ0) is 16.6. The summed E-state index contributed by atoms with van der Waals surface area (Å²) >= 11 is 3.53. The fraction of sp³-hybridized carbons (Fsp3) is 0.375. The number of carbonyl (C=O) groups is 1. The molecule has 0 saturated heterocycles. The van der Waals surface area contributed by atoms with Gasteiger partial charge in [0.2, 0.25) is 0 Å². The van der Waals surface area contributed by atoms with Crippen LogP contribution in [0.15, 0.2) is 22.7 Å². The molecule has 0 aliphatic heterocycles. The molecule has 0 unspecified atom stereocenters. The number of nitrogens with zero attached hydrogens (tertiary/aromatic N) is 2. The summed E-state index contributed by atoms with van der Waals surface area (Å²) in [5, 5.41) is 13.1. The summed E-state index contributed by atoms with van der Waals surface area (Å²) in [6, 6.07) is 5.21. The number of benzene rings is 1. The lowest BCUT2D eigenvalue weighted by Crippen LogP contribution is -2.02. The molecule has 7 heteroatoms. The molecule has 3 rings (SSSR count). The largest absolute Gasteiger partial charge is 0.493 e. The van der Waals surface area contributed by atoms with E-state index in [2.05, 4.69) is 21.0 Å². The van der Waals surface area contributed by atoms with Gasteiger partial charge in [0, 0.05) is 17.1 Å². The van der Waals surface area contributed by atoms with Crippen molar-refractivity contribution in [1.29, 1.82) is 0 Å². The Morgan fingerprint density at radius 3 is 2.70 bits per heavy atom. The van der Waals surface area contributed by atoms with Gasteiger partial charge in [-0.1, -0.05) is 0 Å². The molecule has 1 saturated carbocycles. The normalized spacial score (nSPS) is 13.9. The maximum atomic E-state index is 11.1.